The molecule has 1 atom stereocenters. The molecule has 0 radical (unpaired) electrons. The van der Waals surface area contributed by atoms with Gasteiger partial charge in [-0.15, -0.1) is 0 Å². The van der Waals surface area contributed by atoms with Crippen molar-refractivity contribution in [2.45, 2.75) is 40.2 Å². The molecule has 0 fully saturated rings. The summed E-state index contributed by atoms with van der Waals surface area (Å²) in [6.45, 7) is 9.40. The van der Waals surface area contributed by atoms with Crippen molar-refractivity contribution in [3.8, 4) is 0 Å². The number of hydrogen-bond acceptors (Lipinski definition) is 5. The molecule has 3 N–H and O–H groups in total. The molecule has 1 heterocycles. The molecule has 0 aliphatic carbocycles. The van der Waals surface area contributed by atoms with Gasteiger partial charge in [-0.05, 0) is 27.2 Å². The molecule has 0 saturated heterocycles. The van der Waals surface area contributed by atoms with Gasteiger partial charge in [-0.3, -0.25) is 0 Å². The lowest BCUT2D eigenvalue weighted by Crippen LogP contribution is -2.34. The van der Waals surface area contributed by atoms with Crippen molar-refractivity contribution < 1.29 is 0 Å². The van der Waals surface area contributed by atoms with Gasteiger partial charge in [0.25, 0.3) is 0 Å². The predicted octanol–water partition coefficient (Wildman–Crippen LogP) is 1.70. The minimum absolute atomic E-state index is 0.462. The summed E-state index contributed by atoms with van der Waals surface area (Å²) in [5.74, 6) is 7.06. The molecular formula is C11H21N5. The maximum Gasteiger partial charge on any atom is 0.148 e. The van der Waals surface area contributed by atoms with Gasteiger partial charge < -0.3 is 10.3 Å². The molecule has 0 aliphatic heterocycles. The molecule has 0 amide bonds. The lowest BCUT2D eigenvalue weighted by molar-refractivity contribution is 0.620. The fraction of sp³-hybridized carbons (Fsp3) is 0.636. The SMILES string of the molecule is CCC(C)N(CC)c1ncnc(NN)c1C. The zero-order valence-electron chi connectivity index (χ0n) is 10.5. The average Bonchev–Trinajstić information content (AvgIpc) is 2.31. The van der Waals surface area contributed by atoms with Crippen LogP contribution in [0.4, 0.5) is 11.6 Å². The van der Waals surface area contributed by atoms with Crippen LogP contribution in [-0.2, 0) is 0 Å². The number of anilines is 2. The second kappa shape index (κ2) is 5.65. The quantitative estimate of drug-likeness (QED) is 0.587. The normalized spacial score (nSPS) is 12.3. The van der Waals surface area contributed by atoms with Crippen molar-refractivity contribution in [3.05, 3.63) is 11.9 Å². The Kier molecular flexibility index (Phi) is 4.49. The van der Waals surface area contributed by atoms with E-state index in [9.17, 15) is 0 Å². The van der Waals surface area contributed by atoms with Gasteiger partial charge in [0.05, 0.1) is 0 Å². The van der Waals surface area contributed by atoms with Crippen LogP contribution in [0.25, 0.3) is 0 Å². The summed E-state index contributed by atoms with van der Waals surface area (Å²) < 4.78 is 0. The molecule has 0 aromatic carbocycles. The summed E-state index contributed by atoms with van der Waals surface area (Å²) in [6, 6.07) is 0.462. The first-order valence-corrected chi connectivity index (χ1v) is 5.70. The minimum Gasteiger partial charge on any atom is -0.354 e. The van der Waals surface area contributed by atoms with E-state index in [4.69, 9.17) is 5.84 Å². The monoisotopic (exact) mass is 223 g/mol. The van der Waals surface area contributed by atoms with Crippen LogP contribution in [0.5, 0.6) is 0 Å². The van der Waals surface area contributed by atoms with E-state index >= 15 is 0 Å². The van der Waals surface area contributed by atoms with Gasteiger partial charge in [-0.2, -0.15) is 0 Å². The largest absolute Gasteiger partial charge is 0.354 e. The molecular weight excluding hydrogens is 202 g/mol. The van der Waals surface area contributed by atoms with E-state index in [2.05, 4.69) is 41.1 Å². The van der Waals surface area contributed by atoms with Crippen LogP contribution in [-0.4, -0.2) is 22.6 Å². The van der Waals surface area contributed by atoms with E-state index in [1.807, 2.05) is 6.92 Å². The van der Waals surface area contributed by atoms with Crippen LogP contribution in [0.1, 0.15) is 32.8 Å². The Bertz CT molecular complexity index is 339. The molecule has 1 aromatic heterocycles. The first-order valence-electron chi connectivity index (χ1n) is 5.70. The molecule has 1 rings (SSSR count). The third kappa shape index (κ3) is 2.41. The highest BCUT2D eigenvalue weighted by atomic mass is 15.3. The van der Waals surface area contributed by atoms with Crippen LogP contribution < -0.4 is 16.2 Å². The molecule has 1 aromatic rings. The fourth-order valence-electron chi connectivity index (χ4n) is 1.77. The lowest BCUT2D eigenvalue weighted by Gasteiger charge is -2.29. The number of aromatic nitrogens is 2. The summed E-state index contributed by atoms with van der Waals surface area (Å²) in [5, 5.41) is 0. The molecule has 5 heteroatoms. The Hall–Kier alpha value is -1.36. The smallest absolute Gasteiger partial charge is 0.148 e. The number of rotatable bonds is 5. The first kappa shape index (κ1) is 12.7. The number of hydrazine groups is 1. The first-order chi connectivity index (χ1) is 7.65. The van der Waals surface area contributed by atoms with E-state index in [1.165, 1.54) is 0 Å². The number of nitrogen functional groups attached to an aromatic ring is 1. The van der Waals surface area contributed by atoms with Crippen molar-refractivity contribution in [2.75, 3.05) is 16.9 Å². The zero-order chi connectivity index (χ0) is 12.1. The molecule has 16 heavy (non-hydrogen) atoms. The van der Waals surface area contributed by atoms with Gasteiger partial charge in [0.2, 0.25) is 0 Å². The second-order valence-corrected chi connectivity index (χ2v) is 3.86. The Morgan fingerprint density at radius 1 is 1.44 bits per heavy atom. The molecule has 1 unspecified atom stereocenters. The standard InChI is InChI=1S/C11H21N5/c1-5-8(3)16(6-2)11-9(4)10(15-12)13-7-14-11/h7-8H,5-6,12H2,1-4H3,(H,13,14,15). The summed E-state index contributed by atoms with van der Waals surface area (Å²) in [5.41, 5.74) is 3.59. The van der Waals surface area contributed by atoms with Gasteiger partial charge in [0.1, 0.15) is 18.0 Å². The zero-order valence-corrected chi connectivity index (χ0v) is 10.5. The highest BCUT2D eigenvalue weighted by Gasteiger charge is 2.16. The molecule has 90 valence electrons. The Balaban J connectivity index is 3.10. The van der Waals surface area contributed by atoms with Gasteiger partial charge in [0, 0.05) is 18.2 Å². The molecule has 0 saturated carbocycles. The van der Waals surface area contributed by atoms with Gasteiger partial charge >= 0.3 is 0 Å². The van der Waals surface area contributed by atoms with E-state index < -0.39 is 0 Å². The van der Waals surface area contributed by atoms with Gasteiger partial charge in [-0.25, -0.2) is 15.8 Å². The second-order valence-electron chi connectivity index (χ2n) is 3.86. The Morgan fingerprint density at radius 3 is 2.62 bits per heavy atom. The summed E-state index contributed by atoms with van der Waals surface area (Å²) in [4.78, 5) is 10.7. The molecule has 0 spiro atoms. The van der Waals surface area contributed by atoms with E-state index in [1.54, 1.807) is 6.33 Å². The molecule has 0 aliphatic rings. The van der Waals surface area contributed by atoms with Crippen molar-refractivity contribution in [1.82, 2.24) is 9.97 Å². The highest BCUT2D eigenvalue weighted by Crippen LogP contribution is 2.23. The summed E-state index contributed by atoms with van der Waals surface area (Å²) in [7, 11) is 0. The van der Waals surface area contributed by atoms with Crippen LogP contribution in [0.3, 0.4) is 0 Å². The average molecular weight is 223 g/mol. The van der Waals surface area contributed by atoms with Gasteiger partial charge in [-0.1, -0.05) is 6.92 Å². The third-order valence-electron chi connectivity index (χ3n) is 2.93. The highest BCUT2D eigenvalue weighted by molar-refractivity contribution is 5.57. The fourth-order valence-corrected chi connectivity index (χ4v) is 1.77. The predicted molar refractivity (Wildman–Crippen MR) is 67.4 cm³/mol. The number of nitrogens with zero attached hydrogens (tertiary/aromatic N) is 3. The lowest BCUT2D eigenvalue weighted by atomic mass is 10.2. The maximum absolute atomic E-state index is 5.41. The Labute approximate surface area is 97.0 Å². The number of nitrogens with two attached hydrogens (primary N) is 1. The topological polar surface area (TPSA) is 67.1 Å². The van der Waals surface area contributed by atoms with Crippen molar-refractivity contribution in [3.63, 3.8) is 0 Å². The van der Waals surface area contributed by atoms with E-state index in [-0.39, 0.29) is 0 Å². The Morgan fingerprint density at radius 2 is 2.12 bits per heavy atom. The maximum atomic E-state index is 5.41. The van der Waals surface area contributed by atoms with Crippen LogP contribution in [0.15, 0.2) is 6.33 Å². The van der Waals surface area contributed by atoms with Crippen LogP contribution >= 0.6 is 0 Å². The summed E-state index contributed by atoms with van der Waals surface area (Å²) >= 11 is 0. The van der Waals surface area contributed by atoms with Crippen molar-refractivity contribution in [1.29, 1.82) is 0 Å². The number of nitrogens with one attached hydrogen (secondary N) is 1. The van der Waals surface area contributed by atoms with Gasteiger partial charge in [0.15, 0.2) is 0 Å². The van der Waals surface area contributed by atoms with Crippen molar-refractivity contribution in [2.24, 2.45) is 5.84 Å². The van der Waals surface area contributed by atoms with Crippen molar-refractivity contribution >= 4 is 11.6 Å². The van der Waals surface area contributed by atoms with E-state index in [0.717, 1.165) is 24.3 Å². The third-order valence-corrected chi connectivity index (χ3v) is 2.93. The minimum atomic E-state index is 0.462. The number of hydrogen-bond donors (Lipinski definition) is 2. The summed E-state index contributed by atoms with van der Waals surface area (Å²) in [6.07, 6.45) is 2.63. The van der Waals surface area contributed by atoms with Crippen LogP contribution in [0, 0.1) is 6.92 Å². The van der Waals surface area contributed by atoms with E-state index in [0.29, 0.717) is 11.9 Å². The molecule has 5 nitrogen and oxygen atoms in total. The van der Waals surface area contributed by atoms with Crippen LogP contribution in [0.2, 0.25) is 0 Å². The molecule has 0 bridgehead atoms.